The molecule has 0 saturated carbocycles. The maximum Gasteiger partial charge on any atom is 0.166 e. The molecule has 2 aliphatic rings. The Kier molecular flexibility index (Phi) is 6.16. The third kappa shape index (κ3) is 4.40. The van der Waals surface area contributed by atoms with E-state index in [-0.39, 0.29) is 18.1 Å². The van der Waals surface area contributed by atoms with E-state index in [0.29, 0.717) is 49.4 Å². The lowest BCUT2D eigenvalue weighted by Crippen LogP contribution is -2.42. The number of alkyl halides is 1. The number of halogens is 2. The molecule has 2 aromatic rings. The van der Waals surface area contributed by atoms with Crippen LogP contribution in [0.3, 0.4) is 0 Å². The molecule has 0 bridgehead atoms. The van der Waals surface area contributed by atoms with Crippen molar-refractivity contribution in [2.24, 2.45) is 5.92 Å². The first-order valence-electron chi connectivity index (χ1n) is 10.4. The van der Waals surface area contributed by atoms with E-state index in [9.17, 15) is 4.79 Å². The summed E-state index contributed by atoms with van der Waals surface area (Å²) in [5.41, 5.74) is 1.51. The second kappa shape index (κ2) is 8.67. The quantitative estimate of drug-likeness (QED) is 0.574. The Balaban J connectivity index is 1.38. The summed E-state index contributed by atoms with van der Waals surface area (Å²) in [5, 5.41) is 0. The van der Waals surface area contributed by atoms with E-state index in [0.717, 1.165) is 16.6 Å². The predicted octanol–water partition coefficient (Wildman–Crippen LogP) is 5.22. The molecule has 1 saturated heterocycles. The Morgan fingerprint density at radius 3 is 2.50 bits per heavy atom. The zero-order chi connectivity index (χ0) is 21.3. The van der Waals surface area contributed by atoms with Crippen molar-refractivity contribution in [3.8, 4) is 11.5 Å². The first-order valence-corrected chi connectivity index (χ1v) is 11.1. The minimum absolute atomic E-state index is 0.0274. The number of Topliss-reactive ketones (excluding diaryl/α,β-unsaturated/α-hetero) is 1. The molecule has 30 heavy (non-hydrogen) atoms. The highest BCUT2D eigenvalue weighted by Gasteiger charge is 2.41. The van der Waals surface area contributed by atoms with Gasteiger partial charge in [-0.25, -0.2) is 4.39 Å². The number of likely N-dealkylation sites (tertiary alicyclic amines) is 1. The van der Waals surface area contributed by atoms with E-state index in [4.69, 9.17) is 9.47 Å². The van der Waals surface area contributed by atoms with Crippen LogP contribution in [0, 0.1) is 5.92 Å². The average molecular weight is 476 g/mol. The maximum atomic E-state index is 15.7. The highest BCUT2D eigenvalue weighted by Crippen LogP contribution is 2.42. The second-order valence-corrected chi connectivity index (χ2v) is 9.31. The van der Waals surface area contributed by atoms with Crippen molar-refractivity contribution in [2.75, 3.05) is 27.3 Å². The Morgan fingerprint density at radius 1 is 1.13 bits per heavy atom. The number of fused-ring (bicyclic) bond motifs is 1. The first-order chi connectivity index (χ1) is 14.4. The summed E-state index contributed by atoms with van der Waals surface area (Å²) >= 11 is 3.50. The Bertz CT molecular complexity index is 940. The zero-order valence-electron chi connectivity index (χ0n) is 17.4. The van der Waals surface area contributed by atoms with Gasteiger partial charge in [-0.1, -0.05) is 28.1 Å². The number of ketones is 1. The molecule has 0 spiro atoms. The Morgan fingerprint density at radius 2 is 1.83 bits per heavy atom. The Hall–Kier alpha value is -1.92. The van der Waals surface area contributed by atoms with Crippen molar-refractivity contribution >= 4 is 21.7 Å². The van der Waals surface area contributed by atoms with Crippen molar-refractivity contribution in [3.63, 3.8) is 0 Å². The molecule has 4 rings (SSSR count). The van der Waals surface area contributed by atoms with Gasteiger partial charge >= 0.3 is 0 Å². The van der Waals surface area contributed by atoms with Crippen LogP contribution in [-0.2, 0) is 13.0 Å². The number of hydrogen-bond donors (Lipinski definition) is 0. The molecule has 1 aliphatic heterocycles. The standard InChI is InChI=1S/C24H27BrFNO3/c1-29-21-12-17-11-18(23(28)20(17)13-22(21)30-2)14-24(26)6-8-27(9-7-24)15-16-4-3-5-19(25)10-16/h3-5,10,12-13,18H,6-9,11,14-15H2,1-2H3. The van der Waals surface area contributed by atoms with Crippen LogP contribution >= 0.6 is 15.9 Å². The van der Waals surface area contributed by atoms with Crippen molar-refractivity contribution in [3.05, 3.63) is 57.6 Å². The van der Waals surface area contributed by atoms with Crippen LogP contribution in [0.25, 0.3) is 0 Å². The van der Waals surface area contributed by atoms with Crippen LogP contribution in [0.1, 0.15) is 40.7 Å². The maximum absolute atomic E-state index is 15.7. The van der Waals surface area contributed by atoms with Crippen molar-refractivity contribution in [1.82, 2.24) is 4.90 Å². The monoisotopic (exact) mass is 475 g/mol. The number of carbonyl (C=O) groups excluding carboxylic acids is 1. The topological polar surface area (TPSA) is 38.8 Å². The van der Waals surface area contributed by atoms with Crippen LogP contribution in [0.2, 0.25) is 0 Å². The summed E-state index contributed by atoms with van der Waals surface area (Å²) in [6.45, 7) is 2.24. The van der Waals surface area contributed by atoms with Gasteiger partial charge in [-0.3, -0.25) is 9.69 Å². The number of rotatable bonds is 6. The van der Waals surface area contributed by atoms with E-state index >= 15 is 4.39 Å². The van der Waals surface area contributed by atoms with Gasteiger partial charge in [-0.15, -0.1) is 0 Å². The molecule has 1 heterocycles. The highest BCUT2D eigenvalue weighted by atomic mass is 79.9. The SMILES string of the molecule is COc1cc2c(cc1OC)C(=O)C(CC1(F)CCN(Cc3cccc(Br)c3)CC1)C2. The third-order valence-corrected chi connectivity index (χ3v) is 6.86. The molecule has 4 nitrogen and oxygen atoms in total. The summed E-state index contributed by atoms with van der Waals surface area (Å²) in [4.78, 5) is 15.2. The summed E-state index contributed by atoms with van der Waals surface area (Å²) in [6, 6.07) is 11.8. The molecule has 1 aliphatic carbocycles. The normalized spacial score (nSPS) is 20.8. The largest absolute Gasteiger partial charge is 0.493 e. The molecule has 160 valence electrons. The minimum atomic E-state index is -1.29. The number of ether oxygens (including phenoxy) is 2. The molecule has 1 unspecified atom stereocenters. The molecule has 0 aromatic heterocycles. The Labute approximate surface area is 185 Å². The molecule has 1 atom stereocenters. The fraction of sp³-hybridized carbons (Fsp3) is 0.458. The lowest BCUT2D eigenvalue weighted by Gasteiger charge is -2.37. The first kappa shape index (κ1) is 21.3. The van der Waals surface area contributed by atoms with Crippen LogP contribution < -0.4 is 9.47 Å². The van der Waals surface area contributed by atoms with Crippen molar-refractivity contribution in [1.29, 1.82) is 0 Å². The van der Waals surface area contributed by atoms with Crippen LogP contribution in [0.15, 0.2) is 40.9 Å². The highest BCUT2D eigenvalue weighted by molar-refractivity contribution is 9.10. The second-order valence-electron chi connectivity index (χ2n) is 8.39. The molecule has 1 fully saturated rings. The summed E-state index contributed by atoms with van der Waals surface area (Å²) in [7, 11) is 3.14. The molecule has 0 N–H and O–H groups in total. The summed E-state index contributed by atoms with van der Waals surface area (Å²) in [5.74, 6) is 0.875. The lowest BCUT2D eigenvalue weighted by molar-refractivity contribution is 0.0336. The molecular weight excluding hydrogens is 449 g/mol. The van der Waals surface area contributed by atoms with Gasteiger partial charge in [-0.05, 0) is 61.1 Å². The molecule has 2 aromatic carbocycles. The van der Waals surface area contributed by atoms with Crippen molar-refractivity contribution in [2.45, 2.75) is 37.9 Å². The molecular formula is C24H27BrFNO3. The number of nitrogens with zero attached hydrogens (tertiary/aromatic N) is 1. The number of piperidine rings is 1. The van der Waals surface area contributed by atoms with E-state index in [2.05, 4.69) is 33.0 Å². The van der Waals surface area contributed by atoms with E-state index < -0.39 is 5.67 Å². The van der Waals surface area contributed by atoms with Gasteiger partial charge in [0.2, 0.25) is 0 Å². The number of benzene rings is 2. The molecule has 0 amide bonds. The molecule has 6 heteroatoms. The van der Waals surface area contributed by atoms with E-state index in [1.807, 2.05) is 18.2 Å². The smallest absolute Gasteiger partial charge is 0.166 e. The van der Waals surface area contributed by atoms with Gasteiger partial charge < -0.3 is 9.47 Å². The third-order valence-electron chi connectivity index (χ3n) is 6.37. The van der Waals surface area contributed by atoms with Crippen LogP contribution in [0.5, 0.6) is 11.5 Å². The number of carbonyl (C=O) groups is 1. The number of methoxy groups -OCH3 is 2. The van der Waals surface area contributed by atoms with Gasteiger partial charge in [0.05, 0.1) is 14.2 Å². The lowest BCUT2D eigenvalue weighted by atomic mass is 9.82. The van der Waals surface area contributed by atoms with Crippen LogP contribution in [0.4, 0.5) is 4.39 Å². The average Bonchev–Trinajstić information content (AvgIpc) is 3.03. The van der Waals surface area contributed by atoms with Gasteiger partial charge in [-0.2, -0.15) is 0 Å². The minimum Gasteiger partial charge on any atom is -0.493 e. The van der Waals surface area contributed by atoms with Crippen molar-refractivity contribution < 1.29 is 18.7 Å². The van der Waals surface area contributed by atoms with Gasteiger partial charge in [0.1, 0.15) is 5.67 Å². The van der Waals surface area contributed by atoms with E-state index in [1.165, 1.54) is 5.56 Å². The van der Waals surface area contributed by atoms with E-state index in [1.54, 1.807) is 20.3 Å². The molecule has 0 radical (unpaired) electrons. The fourth-order valence-electron chi connectivity index (χ4n) is 4.71. The van der Waals surface area contributed by atoms with Crippen LogP contribution in [-0.4, -0.2) is 43.7 Å². The number of hydrogen-bond acceptors (Lipinski definition) is 4. The fourth-order valence-corrected chi connectivity index (χ4v) is 5.16. The summed E-state index contributed by atoms with van der Waals surface area (Å²) in [6.07, 6.45) is 1.79. The van der Waals surface area contributed by atoms with Gasteiger partial charge in [0, 0.05) is 35.6 Å². The summed E-state index contributed by atoms with van der Waals surface area (Å²) < 4.78 is 27.4. The van der Waals surface area contributed by atoms with Gasteiger partial charge in [0.25, 0.3) is 0 Å². The predicted molar refractivity (Wildman–Crippen MR) is 118 cm³/mol. The zero-order valence-corrected chi connectivity index (χ0v) is 19.0. The van der Waals surface area contributed by atoms with Gasteiger partial charge in [0.15, 0.2) is 17.3 Å².